The topological polar surface area (TPSA) is 100 Å². The number of nitriles is 1. The fourth-order valence-corrected chi connectivity index (χ4v) is 4.59. The van der Waals surface area contributed by atoms with Gasteiger partial charge in [0.25, 0.3) is 5.95 Å². The number of alkyl halides is 1. The minimum atomic E-state index is -0.702. The molecule has 202 valence electrons. The number of rotatable bonds is 12. The predicted molar refractivity (Wildman–Crippen MR) is 152 cm³/mol. The summed E-state index contributed by atoms with van der Waals surface area (Å²) in [7, 11) is 0. The summed E-state index contributed by atoms with van der Waals surface area (Å²) in [6, 6.07) is 13.5. The van der Waals surface area contributed by atoms with E-state index in [4.69, 9.17) is 32.7 Å². The summed E-state index contributed by atoms with van der Waals surface area (Å²) in [6.45, 7) is 9.01. The Kier molecular flexibility index (Phi) is 10.1. The zero-order valence-electron chi connectivity index (χ0n) is 21.8. The van der Waals surface area contributed by atoms with Gasteiger partial charge in [-0.15, -0.1) is 11.6 Å². The van der Waals surface area contributed by atoms with Crippen molar-refractivity contribution in [3.8, 4) is 17.6 Å². The van der Waals surface area contributed by atoms with Gasteiger partial charge in [-0.3, -0.25) is 0 Å². The molecule has 3 rings (SSSR count). The molecule has 1 atom stereocenters. The van der Waals surface area contributed by atoms with Gasteiger partial charge in [-0.1, -0.05) is 51.4 Å². The average Bonchev–Trinajstić information content (AvgIpc) is 2.86. The van der Waals surface area contributed by atoms with Gasteiger partial charge in [0.15, 0.2) is 5.75 Å². The van der Waals surface area contributed by atoms with Crippen LogP contribution < -0.4 is 14.9 Å². The summed E-state index contributed by atoms with van der Waals surface area (Å²) in [5.41, 5.74) is 5.38. The molecule has 0 radical (unpaired) electrons. The second-order valence-electron chi connectivity index (χ2n) is 9.76. The van der Waals surface area contributed by atoms with Gasteiger partial charge in [-0.2, -0.15) is 15.9 Å². The Hall–Kier alpha value is -2.74. The van der Waals surface area contributed by atoms with Gasteiger partial charge in [0.05, 0.1) is 16.5 Å². The Morgan fingerprint density at radius 1 is 1.13 bits per heavy atom. The molecule has 0 saturated heterocycles. The fraction of sp³-hybridized carbons (Fsp3) is 0.370. The van der Waals surface area contributed by atoms with E-state index in [2.05, 4.69) is 48.1 Å². The highest BCUT2D eigenvalue weighted by atomic mass is 35.5. The molecule has 0 aliphatic rings. The molecule has 1 unspecified atom stereocenters. The van der Waals surface area contributed by atoms with Crippen LogP contribution in [0.4, 0.5) is 5.95 Å². The molecule has 38 heavy (non-hydrogen) atoms. The van der Waals surface area contributed by atoms with Gasteiger partial charge in [0, 0.05) is 29.3 Å². The van der Waals surface area contributed by atoms with Crippen LogP contribution in [0.5, 0.6) is 11.5 Å². The lowest BCUT2D eigenvalue weighted by atomic mass is 9.77. The number of nitrogens with one attached hydrogen (secondary N) is 1. The quantitative estimate of drug-likeness (QED) is 0.0971. The van der Waals surface area contributed by atoms with Gasteiger partial charge in [0.1, 0.15) is 44.4 Å². The zero-order chi connectivity index (χ0) is 27.9. The molecule has 1 heterocycles. The second-order valence-corrected chi connectivity index (χ2v) is 11.2. The smallest absolute Gasteiger partial charge is 0.273 e. The summed E-state index contributed by atoms with van der Waals surface area (Å²) in [6.07, 6.45) is 3.26. The Balaban J connectivity index is 1.66. The van der Waals surface area contributed by atoms with Crippen LogP contribution in [0.15, 0.2) is 48.8 Å². The van der Waals surface area contributed by atoms with E-state index in [0.717, 1.165) is 16.7 Å². The maximum atomic E-state index is 10.3. The van der Waals surface area contributed by atoms with Crippen molar-refractivity contribution >= 4 is 42.0 Å². The molecule has 2 N–H and O–H groups in total. The summed E-state index contributed by atoms with van der Waals surface area (Å²) in [5, 5.41) is 20.2. The fourth-order valence-electron chi connectivity index (χ4n) is 3.83. The Bertz CT molecular complexity index is 1260. The third-order valence-electron chi connectivity index (χ3n) is 5.79. The van der Waals surface area contributed by atoms with E-state index in [1.807, 2.05) is 44.2 Å². The van der Waals surface area contributed by atoms with Gasteiger partial charge in [0.2, 0.25) is 0 Å². The first kappa shape index (κ1) is 29.8. The third-order valence-corrected chi connectivity index (χ3v) is 6.49. The lowest BCUT2D eigenvalue weighted by Gasteiger charge is -2.27. The van der Waals surface area contributed by atoms with E-state index < -0.39 is 9.58 Å². The predicted octanol–water partition coefficient (Wildman–Crippen LogP) is 6.56. The van der Waals surface area contributed by atoms with Gasteiger partial charge in [-0.25, -0.2) is 9.97 Å². The number of anilines is 1. The number of benzene rings is 2. The number of thiol groups is 1. The first-order valence-electron chi connectivity index (χ1n) is 12.0. The van der Waals surface area contributed by atoms with Crippen molar-refractivity contribution in [2.45, 2.75) is 39.7 Å². The number of halogens is 2. The van der Waals surface area contributed by atoms with E-state index in [-0.39, 0.29) is 25.1 Å². The highest BCUT2D eigenvalue weighted by Gasteiger charge is 2.26. The molecular weight excluding hydrogens is 545 g/mol. The van der Waals surface area contributed by atoms with E-state index >= 15 is 0 Å². The number of quaternary nitrogens is 1. The maximum Gasteiger partial charge on any atom is 0.273 e. The van der Waals surface area contributed by atoms with Crippen molar-refractivity contribution in [1.29, 1.82) is 5.26 Å². The number of hydrogen-bond acceptors (Lipinski definition) is 8. The molecule has 8 nitrogen and oxygen atoms in total. The van der Waals surface area contributed by atoms with Crippen molar-refractivity contribution in [2.24, 2.45) is 5.92 Å². The molecule has 0 amide bonds. The summed E-state index contributed by atoms with van der Waals surface area (Å²) < 4.78 is 10.8. The summed E-state index contributed by atoms with van der Waals surface area (Å²) in [5.74, 6) is 1.82. The van der Waals surface area contributed by atoms with Crippen LogP contribution in [0.3, 0.4) is 0 Å². The number of hydrogen-bond donors (Lipinski definition) is 3. The number of nitrogens with zero attached hydrogens (tertiary/aromatic N) is 4. The third kappa shape index (κ3) is 7.88. The first-order chi connectivity index (χ1) is 17.9. The van der Waals surface area contributed by atoms with Crippen molar-refractivity contribution in [3.05, 3.63) is 76.1 Å². The molecule has 0 saturated carbocycles. The number of ether oxygens (including phenoxy) is 2. The van der Waals surface area contributed by atoms with Crippen LogP contribution in [-0.4, -0.2) is 38.4 Å². The monoisotopic (exact) mass is 576 g/mol. The molecule has 0 aliphatic carbocycles. The van der Waals surface area contributed by atoms with E-state index in [9.17, 15) is 10.5 Å². The Labute approximate surface area is 239 Å². The molecule has 0 fully saturated rings. The summed E-state index contributed by atoms with van der Waals surface area (Å²) >= 11 is 16.4. The van der Waals surface area contributed by atoms with Crippen molar-refractivity contribution in [2.75, 3.05) is 24.5 Å². The highest BCUT2D eigenvalue weighted by Crippen LogP contribution is 2.38. The minimum absolute atomic E-state index is 0.226. The van der Waals surface area contributed by atoms with Crippen LogP contribution in [0.1, 0.15) is 49.9 Å². The SMILES string of the molecule is CC(C)C[N+](O)(S)Nc1ncc(COc2ccc(C(C)(C)c3cc(Cl)c(OCCCl)c(C#N)c3)cc2)cn1. The van der Waals surface area contributed by atoms with Crippen LogP contribution in [0.2, 0.25) is 5.02 Å². The number of aromatic nitrogens is 2. The van der Waals surface area contributed by atoms with Crippen molar-refractivity contribution in [3.63, 3.8) is 0 Å². The van der Waals surface area contributed by atoms with Crippen LogP contribution in [0.25, 0.3) is 0 Å². The van der Waals surface area contributed by atoms with E-state index in [1.165, 1.54) is 0 Å². The Morgan fingerprint density at radius 2 is 1.79 bits per heavy atom. The molecule has 11 heteroatoms. The van der Waals surface area contributed by atoms with Gasteiger partial charge in [-0.05, 0) is 39.6 Å². The molecule has 3 aromatic rings. The average molecular weight is 578 g/mol. The lowest BCUT2D eigenvalue weighted by Crippen LogP contribution is -2.43. The second kappa shape index (κ2) is 12.9. The standard InChI is InChI=1S/C27H32Cl2N5O3S/c1-18(2)16-34(35,38)33-26-31-14-19(15-32-26)17-37-23-7-5-21(6-8-23)27(3,4)22-11-20(13-30)25(24(29)12-22)36-10-9-28/h5-8,11-12,14-15,18,35,38H,9-10,16-17H2,1-4H3,(H,31,32,33)/q+1. The molecule has 2 aromatic carbocycles. The minimum Gasteiger partial charge on any atom is -0.489 e. The molecule has 0 bridgehead atoms. The van der Waals surface area contributed by atoms with E-state index in [0.29, 0.717) is 34.5 Å². The molecular formula is C27H32Cl2N5O3S+. The van der Waals surface area contributed by atoms with Gasteiger partial charge >= 0.3 is 0 Å². The maximum absolute atomic E-state index is 10.3. The van der Waals surface area contributed by atoms with E-state index in [1.54, 1.807) is 18.5 Å². The molecule has 1 aromatic heterocycles. The van der Waals surface area contributed by atoms with Crippen molar-refractivity contribution < 1.29 is 18.8 Å². The van der Waals surface area contributed by atoms with Crippen LogP contribution in [0, 0.1) is 17.2 Å². The lowest BCUT2D eigenvalue weighted by molar-refractivity contribution is -0.974. The van der Waals surface area contributed by atoms with Crippen molar-refractivity contribution in [1.82, 2.24) is 9.97 Å². The normalized spacial score (nSPS) is 13.1. The van der Waals surface area contributed by atoms with Crippen LogP contribution in [-0.2, 0) is 12.0 Å². The summed E-state index contributed by atoms with van der Waals surface area (Å²) in [4.78, 5) is 8.46. The Morgan fingerprint density at radius 3 is 2.37 bits per heavy atom. The van der Waals surface area contributed by atoms with Gasteiger partial charge < -0.3 is 9.47 Å². The molecule has 0 aliphatic heterocycles. The zero-order valence-corrected chi connectivity index (χ0v) is 24.2. The molecule has 0 spiro atoms. The highest BCUT2D eigenvalue weighted by molar-refractivity contribution is 7.74. The number of hydroxylamine groups is 1. The van der Waals surface area contributed by atoms with Crippen LogP contribution >= 0.6 is 36.0 Å². The largest absolute Gasteiger partial charge is 0.489 e. The first-order valence-corrected chi connectivity index (χ1v) is 13.4.